The first-order chi connectivity index (χ1) is 8.29. The summed E-state index contributed by atoms with van der Waals surface area (Å²) in [4.78, 5) is 3.36. The van der Waals surface area contributed by atoms with Gasteiger partial charge >= 0.3 is 0 Å². The van der Waals surface area contributed by atoms with Crippen LogP contribution in [0.4, 0.5) is 0 Å². The molecule has 0 amide bonds. The van der Waals surface area contributed by atoms with E-state index in [1.807, 2.05) is 0 Å². The lowest BCUT2D eigenvalue weighted by Gasteiger charge is -2.17. The predicted octanol–water partition coefficient (Wildman–Crippen LogP) is 3.09. The van der Waals surface area contributed by atoms with E-state index in [0.29, 0.717) is 5.92 Å². The highest BCUT2D eigenvalue weighted by Gasteiger charge is 2.17. The minimum atomic E-state index is 0.459. The van der Waals surface area contributed by atoms with Crippen LogP contribution in [0.1, 0.15) is 24.5 Å². The molecule has 0 bridgehead atoms. The maximum absolute atomic E-state index is 5.71. The minimum Gasteiger partial charge on any atom is -0.361 e. The highest BCUT2D eigenvalue weighted by molar-refractivity contribution is 5.96. The molecule has 2 nitrogen and oxygen atoms in total. The van der Waals surface area contributed by atoms with Crippen LogP contribution in [0.3, 0.4) is 0 Å². The van der Waals surface area contributed by atoms with Gasteiger partial charge in [0.2, 0.25) is 0 Å². The Labute approximate surface area is 102 Å². The number of hydrogen-bond donors (Lipinski definition) is 2. The Bertz CT molecular complexity index is 578. The number of H-pyrrole nitrogens is 1. The Morgan fingerprint density at radius 2 is 2.29 bits per heavy atom. The van der Waals surface area contributed by atoms with Gasteiger partial charge in [-0.25, -0.2) is 0 Å². The topological polar surface area (TPSA) is 41.8 Å². The third-order valence-electron chi connectivity index (χ3n) is 3.65. The van der Waals surface area contributed by atoms with E-state index in [1.165, 1.54) is 27.6 Å². The smallest absolute Gasteiger partial charge is 0.0462 e. The van der Waals surface area contributed by atoms with Crippen molar-refractivity contribution in [3.63, 3.8) is 0 Å². The maximum Gasteiger partial charge on any atom is 0.0462 e. The number of benzene rings is 1. The standard InChI is InChI=1S/C15H18N2/c1-10(8-16)7-11-5-6-12-9-17-14-4-2-3-13(11)15(12)14/h2-4,7,9-10,17H,5-6,8,16H2,1H3/b11-7+. The number of allylic oxidation sites excluding steroid dienone is 1. The van der Waals surface area contributed by atoms with E-state index in [4.69, 9.17) is 5.73 Å². The second-order valence-corrected chi connectivity index (χ2v) is 4.95. The first-order valence-electron chi connectivity index (χ1n) is 6.29. The highest BCUT2D eigenvalue weighted by atomic mass is 14.7. The van der Waals surface area contributed by atoms with Crippen molar-refractivity contribution < 1.29 is 0 Å². The molecule has 1 aromatic heterocycles. The Morgan fingerprint density at radius 1 is 1.41 bits per heavy atom. The molecule has 3 N–H and O–H groups in total. The van der Waals surface area contributed by atoms with Crippen LogP contribution in [0.2, 0.25) is 0 Å². The molecular weight excluding hydrogens is 208 g/mol. The van der Waals surface area contributed by atoms with Crippen LogP contribution in [0, 0.1) is 5.92 Å². The fraction of sp³-hybridized carbons (Fsp3) is 0.333. The van der Waals surface area contributed by atoms with Crippen molar-refractivity contribution in [3.8, 4) is 0 Å². The quantitative estimate of drug-likeness (QED) is 0.811. The van der Waals surface area contributed by atoms with Gasteiger partial charge in [-0.3, -0.25) is 0 Å². The van der Waals surface area contributed by atoms with Crippen molar-refractivity contribution in [2.45, 2.75) is 19.8 Å². The number of hydrogen-bond acceptors (Lipinski definition) is 1. The molecule has 0 aliphatic heterocycles. The van der Waals surface area contributed by atoms with Crippen molar-refractivity contribution in [2.75, 3.05) is 6.54 Å². The van der Waals surface area contributed by atoms with Gasteiger partial charge in [0.1, 0.15) is 0 Å². The maximum atomic E-state index is 5.71. The van der Waals surface area contributed by atoms with Gasteiger partial charge in [-0.05, 0) is 48.1 Å². The Hall–Kier alpha value is -1.54. The lowest BCUT2D eigenvalue weighted by Crippen LogP contribution is -2.09. The first-order valence-corrected chi connectivity index (χ1v) is 6.29. The summed E-state index contributed by atoms with van der Waals surface area (Å²) in [5.74, 6) is 0.459. The fourth-order valence-corrected chi connectivity index (χ4v) is 2.71. The van der Waals surface area contributed by atoms with Gasteiger partial charge in [0.25, 0.3) is 0 Å². The number of aryl methyl sites for hydroxylation is 1. The fourth-order valence-electron chi connectivity index (χ4n) is 2.71. The summed E-state index contributed by atoms with van der Waals surface area (Å²) in [6.45, 7) is 2.90. The Balaban J connectivity index is 2.18. The van der Waals surface area contributed by atoms with Crippen LogP contribution in [0.25, 0.3) is 16.5 Å². The minimum absolute atomic E-state index is 0.459. The van der Waals surface area contributed by atoms with Crippen LogP contribution in [-0.2, 0) is 6.42 Å². The lowest BCUT2D eigenvalue weighted by atomic mass is 9.87. The van der Waals surface area contributed by atoms with Gasteiger partial charge in [0.05, 0.1) is 0 Å². The van der Waals surface area contributed by atoms with E-state index in [0.717, 1.165) is 19.4 Å². The van der Waals surface area contributed by atoms with Gasteiger partial charge in [-0.1, -0.05) is 25.1 Å². The van der Waals surface area contributed by atoms with Crippen molar-refractivity contribution >= 4 is 16.5 Å². The second kappa shape index (κ2) is 4.04. The molecule has 1 heterocycles. The third kappa shape index (κ3) is 1.69. The zero-order chi connectivity index (χ0) is 11.8. The summed E-state index contributed by atoms with van der Waals surface area (Å²) >= 11 is 0. The van der Waals surface area contributed by atoms with Gasteiger partial charge in [0, 0.05) is 17.1 Å². The van der Waals surface area contributed by atoms with Crippen LogP contribution < -0.4 is 5.73 Å². The van der Waals surface area contributed by atoms with Crippen molar-refractivity contribution in [2.24, 2.45) is 11.7 Å². The van der Waals surface area contributed by atoms with Crippen molar-refractivity contribution in [1.29, 1.82) is 0 Å². The zero-order valence-corrected chi connectivity index (χ0v) is 10.2. The number of nitrogens with two attached hydrogens (primary N) is 1. The molecule has 0 radical (unpaired) electrons. The first kappa shape index (κ1) is 10.6. The molecule has 2 heteroatoms. The lowest BCUT2D eigenvalue weighted by molar-refractivity contribution is 0.738. The average molecular weight is 226 g/mol. The summed E-state index contributed by atoms with van der Waals surface area (Å²) in [7, 11) is 0. The summed E-state index contributed by atoms with van der Waals surface area (Å²) in [6.07, 6.45) is 6.76. The summed E-state index contributed by atoms with van der Waals surface area (Å²) < 4.78 is 0. The average Bonchev–Trinajstić information content (AvgIpc) is 2.78. The van der Waals surface area contributed by atoms with Crippen LogP contribution >= 0.6 is 0 Å². The molecule has 17 heavy (non-hydrogen) atoms. The van der Waals surface area contributed by atoms with E-state index in [9.17, 15) is 0 Å². The van der Waals surface area contributed by atoms with E-state index < -0.39 is 0 Å². The molecule has 3 rings (SSSR count). The van der Waals surface area contributed by atoms with E-state index in [1.54, 1.807) is 0 Å². The van der Waals surface area contributed by atoms with E-state index in [2.05, 4.69) is 42.4 Å². The SMILES string of the molecule is CC(/C=C1\CCc2c[nH]c3cccc1c23)CN. The third-order valence-corrected chi connectivity index (χ3v) is 3.65. The summed E-state index contributed by atoms with van der Waals surface area (Å²) in [5.41, 5.74) is 11.3. The van der Waals surface area contributed by atoms with Gasteiger partial charge in [0.15, 0.2) is 0 Å². The molecule has 1 aromatic carbocycles. The summed E-state index contributed by atoms with van der Waals surface area (Å²) in [5, 5.41) is 1.41. The van der Waals surface area contributed by atoms with Crippen molar-refractivity contribution in [1.82, 2.24) is 4.98 Å². The normalized spacial score (nSPS) is 18.8. The van der Waals surface area contributed by atoms with Crippen LogP contribution in [0.5, 0.6) is 0 Å². The van der Waals surface area contributed by atoms with Gasteiger partial charge < -0.3 is 10.7 Å². The summed E-state index contributed by atoms with van der Waals surface area (Å²) in [6, 6.07) is 6.51. The van der Waals surface area contributed by atoms with Crippen LogP contribution in [-0.4, -0.2) is 11.5 Å². The molecule has 0 spiro atoms. The van der Waals surface area contributed by atoms with E-state index >= 15 is 0 Å². The second-order valence-electron chi connectivity index (χ2n) is 4.95. The van der Waals surface area contributed by atoms with Crippen molar-refractivity contribution in [3.05, 3.63) is 41.6 Å². The predicted molar refractivity (Wildman–Crippen MR) is 72.8 cm³/mol. The molecule has 0 saturated heterocycles. The zero-order valence-electron chi connectivity index (χ0n) is 10.2. The molecule has 1 aliphatic carbocycles. The molecule has 0 saturated carbocycles. The number of aromatic amines is 1. The molecule has 88 valence electrons. The number of aromatic nitrogens is 1. The van der Waals surface area contributed by atoms with E-state index in [-0.39, 0.29) is 0 Å². The largest absolute Gasteiger partial charge is 0.361 e. The van der Waals surface area contributed by atoms with Crippen LogP contribution in [0.15, 0.2) is 30.5 Å². The Morgan fingerprint density at radius 3 is 3.12 bits per heavy atom. The number of rotatable bonds is 2. The van der Waals surface area contributed by atoms with Gasteiger partial charge in [-0.15, -0.1) is 0 Å². The van der Waals surface area contributed by atoms with Gasteiger partial charge in [-0.2, -0.15) is 0 Å². The monoisotopic (exact) mass is 226 g/mol. The molecule has 0 fully saturated rings. The highest BCUT2D eigenvalue weighted by Crippen LogP contribution is 2.36. The Kier molecular flexibility index (Phi) is 2.52. The molecule has 1 atom stereocenters. The number of nitrogens with one attached hydrogen (secondary N) is 1. The molecule has 1 aliphatic rings. The molecular formula is C15H18N2. The molecule has 2 aromatic rings. The molecule has 1 unspecified atom stereocenters.